The van der Waals surface area contributed by atoms with Gasteiger partial charge in [-0.2, -0.15) is 0 Å². The molecule has 2 aliphatic heterocycles. The number of rotatable bonds is 0. The molecule has 1 N–H and O–H groups in total. The summed E-state index contributed by atoms with van der Waals surface area (Å²) in [5, 5.41) is 2.75. The number of nitrogens with one attached hydrogen (secondary N) is 1. The van der Waals surface area contributed by atoms with Crippen molar-refractivity contribution in [3.8, 4) is 0 Å². The van der Waals surface area contributed by atoms with Gasteiger partial charge < -0.3 is 19.7 Å². The summed E-state index contributed by atoms with van der Waals surface area (Å²) in [6.07, 6.45) is 0.338. The van der Waals surface area contributed by atoms with E-state index in [9.17, 15) is 9.59 Å². The lowest BCUT2D eigenvalue weighted by Crippen LogP contribution is -2.47. The van der Waals surface area contributed by atoms with Crippen LogP contribution in [0.5, 0.6) is 0 Å². The summed E-state index contributed by atoms with van der Waals surface area (Å²) < 4.78 is 10.8. The maximum absolute atomic E-state index is 12.0. The summed E-state index contributed by atoms with van der Waals surface area (Å²) in [6, 6.07) is -0.119. The van der Waals surface area contributed by atoms with Crippen LogP contribution in [-0.4, -0.2) is 54.3 Å². The molecule has 2 amide bonds. The molecule has 0 aliphatic carbocycles. The Morgan fingerprint density at radius 2 is 2.22 bits per heavy atom. The third-order valence-corrected chi connectivity index (χ3v) is 3.05. The molecule has 0 spiro atoms. The van der Waals surface area contributed by atoms with Crippen LogP contribution in [0.2, 0.25) is 0 Å². The second kappa shape index (κ2) is 4.76. The van der Waals surface area contributed by atoms with E-state index in [-0.39, 0.29) is 30.8 Å². The molecule has 0 aromatic heterocycles. The minimum Gasteiger partial charge on any atom is -0.444 e. The monoisotopic (exact) mass is 256 g/mol. The maximum Gasteiger partial charge on any atom is 0.410 e. The zero-order valence-electron chi connectivity index (χ0n) is 11.1. The minimum atomic E-state index is -0.510. The van der Waals surface area contributed by atoms with Gasteiger partial charge in [0.1, 0.15) is 12.2 Å². The Morgan fingerprint density at radius 1 is 1.50 bits per heavy atom. The number of hydrogen-bond donors (Lipinski definition) is 1. The van der Waals surface area contributed by atoms with E-state index in [2.05, 4.69) is 5.32 Å². The van der Waals surface area contributed by atoms with Crippen molar-refractivity contribution in [1.82, 2.24) is 10.2 Å². The van der Waals surface area contributed by atoms with Crippen molar-refractivity contribution in [1.29, 1.82) is 0 Å². The minimum absolute atomic E-state index is 0.0727. The van der Waals surface area contributed by atoms with Crippen LogP contribution >= 0.6 is 0 Å². The van der Waals surface area contributed by atoms with Crippen molar-refractivity contribution in [2.45, 2.75) is 44.9 Å². The highest BCUT2D eigenvalue weighted by Gasteiger charge is 2.41. The Bertz CT molecular complexity index is 350. The second-order valence-corrected chi connectivity index (χ2v) is 5.68. The molecule has 0 aromatic carbocycles. The number of hydrogen-bond acceptors (Lipinski definition) is 4. The predicted molar refractivity (Wildman–Crippen MR) is 64.1 cm³/mol. The van der Waals surface area contributed by atoms with Gasteiger partial charge in [0.2, 0.25) is 5.91 Å². The molecule has 2 atom stereocenters. The van der Waals surface area contributed by atoms with Gasteiger partial charge in [0.05, 0.1) is 12.1 Å². The van der Waals surface area contributed by atoms with E-state index in [0.29, 0.717) is 13.1 Å². The summed E-state index contributed by atoms with van der Waals surface area (Å²) in [4.78, 5) is 24.9. The molecule has 2 aliphatic rings. The number of fused-ring (bicyclic) bond motifs is 1. The molecule has 2 rings (SSSR count). The Morgan fingerprint density at radius 3 is 2.89 bits per heavy atom. The van der Waals surface area contributed by atoms with Gasteiger partial charge in [0, 0.05) is 13.1 Å². The number of amides is 2. The lowest BCUT2D eigenvalue weighted by molar-refractivity contribution is -0.125. The highest BCUT2D eigenvalue weighted by Crippen LogP contribution is 2.24. The normalized spacial score (nSPS) is 28.4. The molecular weight excluding hydrogens is 236 g/mol. The fourth-order valence-electron chi connectivity index (χ4n) is 2.26. The molecule has 2 heterocycles. The van der Waals surface area contributed by atoms with Crippen molar-refractivity contribution in [3.63, 3.8) is 0 Å². The topological polar surface area (TPSA) is 67.9 Å². The Balaban J connectivity index is 2.02. The van der Waals surface area contributed by atoms with E-state index < -0.39 is 5.60 Å². The third-order valence-electron chi connectivity index (χ3n) is 3.05. The standard InChI is InChI=1S/C12H20N2O4/c1-12(2,3)18-11(16)14-5-4-9-8(14)6-13-10(15)7-17-9/h8-9H,4-7H2,1-3H3,(H,13,15). The molecule has 0 aromatic rings. The van der Waals surface area contributed by atoms with E-state index in [0.717, 1.165) is 6.42 Å². The third kappa shape index (κ3) is 2.93. The van der Waals surface area contributed by atoms with Gasteiger partial charge in [-0.25, -0.2) is 4.79 Å². The first kappa shape index (κ1) is 13.1. The predicted octanol–water partition coefficient (Wildman–Crippen LogP) is 0.511. The smallest absolute Gasteiger partial charge is 0.410 e. The highest BCUT2D eigenvalue weighted by atomic mass is 16.6. The summed E-state index contributed by atoms with van der Waals surface area (Å²) >= 11 is 0. The van der Waals surface area contributed by atoms with E-state index in [1.165, 1.54) is 0 Å². The zero-order valence-corrected chi connectivity index (χ0v) is 11.1. The van der Waals surface area contributed by atoms with Crippen molar-refractivity contribution >= 4 is 12.0 Å². The van der Waals surface area contributed by atoms with Crippen molar-refractivity contribution in [3.05, 3.63) is 0 Å². The van der Waals surface area contributed by atoms with Crippen LogP contribution in [0, 0.1) is 0 Å². The Kier molecular flexibility index (Phi) is 3.47. The van der Waals surface area contributed by atoms with E-state index >= 15 is 0 Å². The second-order valence-electron chi connectivity index (χ2n) is 5.68. The van der Waals surface area contributed by atoms with Crippen LogP contribution in [0.25, 0.3) is 0 Å². The van der Waals surface area contributed by atoms with Gasteiger partial charge in [-0.3, -0.25) is 4.79 Å². The number of ether oxygens (including phenoxy) is 2. The average molecular weight is 256 g/mol. The maximum atomic E-state index is 12.0. The molecule has 2 saturated heterocycles. The van der Waals surface area contributed by atoms with E-state index in [1.54, 1.807) is 4.90 Å². The van der Waals surface area contributed by atoms with E-state index in [4.69, 9.17) is 9.47 Å². The van der Waals surface area contributed by atoms with Gasteiger partial charge >= 0.3 is 6.09 Å². The van der Waals surface area contributed by atoms with Crippen LogP contribution in [0.4, 0.5) is 4.79 Å². The van der Waals surface area contributed by atoms with Crippen LogP contribution in [-0.2, 0) is 14.3 Å². The molecule has 18 heavy (non-hydrogen) atoms. The van der Waals surface area contributed by atoms with Gasteiger partial charge in [0.15, 0.2) is 0 Å². The molecular formula is C12H20N2O4. The van der Waals surface area contributed by atoms with Gasteiger partial charge in [-0.1, -0.05) is 0 Å². The summed E-state index contributed by atoms with van der Waals surface area (Å²) in [7, 11) is 0. The molecule has 0 radical (unpaired) electrons. The van der Waals surface area contributed by atoms with Crippen molar-refractivity contribution < 1.29 is 19.1 Å². The van der Waals surface area contributed by atoms with Gasteiger partial charge in [0.25, 0.3) is 0 Å². The zero-order chi connectivity index (χ0) is 13.3. The first-order valence-corrected chi connectivity index (χ1v) is 6.25. The number of nitrogens with zero attached hydrogens (tertiary/aromatic N) is 1. The van der Waals surface area contributed by atoms with Gasteiger partial charge in [-0.15, -0.1) is 0 Å². The number of carbonyl (C=O) groups excluding carboxylic acids is 2. The number of carbonyl (C=O) groups is 2. The van der Waals surface area contributed by atoms with Gasteiger partial charge in [-0.05, 0) is 27.2 Å². The fourth-order valence-corrected chi connectivity index (χ4v) is 2.26. The van der Waals surface area contributed by atoms with Crippen molar-refractivity contribution in [2.24, 2.45) is 0 Å². The quantitative estimate of drug-likeness (QED) is 0.685. The average Bonchev–Trinajstić information content (AvgIpc) is 2.56. The summed E-state index contributed by atoms with van der Waals surface area (Å²) in [5.41, 5.74) is -0.510. The fraction of sp³-hybridized carbons (Fsp3) is 0.833. The summed E-state index contributed by atoms with van der Waals surface area (Å²) in [5.74, 6) is -0.131. The molecule has 6 heteroatoms. The number of likely N-dealkylation sites (tertiary alicyclic amines) is 1. The van der Waals surface area contributed by atoms with Crippen LogP contribution in [0.3, 0.4) is 0 Å². The SMILES string of the molecule is CC(C)(C)OC(=O)N1CCC2OCC(=O)NCC21. The largest absolute Gasteiger partial charge is 0.444 e. The van der Waals surface area contributed by atoms with Crippen LogP contribution in [0.15, 0.2) is 0 Å². The molecule has 0 bridgehead atoms. The van der Waals surface area contributed by atoms with Crippen LogP contribution in [0.1, 0.15) is 27.2 Å². The first-order valence-electron chi connectivity index (χ1n) is 6.25. The molecule has 102 valence electrons. The first-order chi connectivity index (χ1) is 8.37. The molecule has 2 fully saturated rings. The van der Waals surface area contributed by atoms with E-state index in [1.807, 2.05) is 20.8 Å². The van der Waals surface area contributed by atoms with Crippen LogP contribution < -0.4 is 5.32 Å². The molecule has 0 saturated carbocycles. The summed E-state index contributed by atoms with van der Waals surface area (Å²) in [6.45, 7) is 6.63. The van der Waals surface area contributed by atoms with Crippen molar-refractivity contribution in [2.75, 3.05) is 19.7 Å². The molecule has 6 nitrogen and oxygen atoms in total. The Hall–Kier alpha value is -1.30. The lowest BCUT2D eigenvalue weighted by Gasteiger charge is -2.29. The lowest BCUT2D eigenvalue weighted by atomic mass is 10.1. The molecule has 2 unspecified atom stereocenters. The Labute approximate surface area is 107 Å². The highest BCUT2D eigenvalue weighted by molar-refractivity contribution is 5.77.